The van der Waals surface area contributed by atoms with Crippen molar-refractivity contribution in [2.45, 2.75) is 52.6 Å². The van der Waals surface area contributed by atoms with Crippen LogP contribution >= 0.6 is 11.3 Å². The molecule has 0 saturated heterocycles. The number of carbonyl (C=O) groups is 1. The van der Waals surface area contributed by atoms with E-state index in [1.807, 2.05) is 19.3 Å². The Labute approximate surface area is 153 Å². The highest BCUT2D eigenvalue weighted by Gasteiger charge is 2.37. The largest absolute Gasteiger partial charge is 0.351 e. The second-order valence-electron chi connectivity index (χ2n) is 8.08. The highest BCUT2D eigenvalue weighted by molar-refractivity contribution is 7.16. The average Bonchev–Trinajstić information content (AvgIpc) is 3.17. The van der Waals surface area contributed by atoms with E-state index in [9.17, 15) is 4.79 Å². The molecule has 3 heterocycles. The number of rotatable bonds is 3. The van der Waals surface area contributed by atoms with Crippen LogP contribution in [0.5, 0.6) is 0 Å². The minimum Gasteiger partial charge on any atom is -0.351 e. The third-order valence-corrected chi connectivity index (χ3v) is 7.52. The zero-order chi connectivity index (χ0) is 17.8. The van der Waals surface area contributed by atoms with E-state index in [2.05, 4.69) is 42.0 Å². The maximum Gasteiger partial charge on any atom is 0.256 e. The smallest absolute Gasteiger partial charge is 0.256 e. The van der Waals surface area contributed by atoms with Gasteiger partial charge in [-0.3, -0.25) is 4.79 Å². The Bertz CT molecular complexity index is 817. The van der Waals surface area contributed by atoms with Gasteiger partial charge in [-0.15, -0.1) is 11.3 Å². The fourth-order valence-corrected chi connectivity index (χ4v) is 5.53. The van der Waals surface area contributed by atoms with Crippen molar-refractivity contribution in [1.82, 2.24) is 9.88 Å². The first-order valence-corrected chi connectivity index (χ1v) is 10.1. The number of hydrogen-bond donors (Lipinski definition) is 2. The van der Waals surface area contributed by atoms with Crippen LogP contribution in [0.1, 0.15) is 66.3 Å². The maximum atomic E-state index is 12.8. The van der Waals surface area contributed by atoms with Gasteiger partial charge in [-0.05, 0) is 48.3 Å². The van der Waals surface area contributed by atoms with E-state index in [0.717, 1.165) is 29.1 Å². The zero-order valence-corrected chi connectivity index (χ0v) is 16.3. The highest BCUT2D eigenvalue weighted by atomic mass is 32.1. The molecule has 25 heavy (non-hydrogen) atoms. The molecule has 2 aromatic rings. The second-order valence-corrected chi connectivity index (χ2v) is 9.19. The lowest BCUT2D eigenvalue weighted by atomic mass is 9.69. The maximum absolute atomic E-state index is 12.8. The summed E-state index contributed by atoms with van der Waals surface area (Å²) in [6, 6.07) is 4.06. The number of anilines is 1. The van der Waals surface area contributed by atoms with Gasteiger partial charge in [-0.25, -0.2) is 0 Å². The van der Waals surface area contributed by atoms with Gasteiger partial charge >= 0.3 is 0 Å². The minimum absolute atomic E-state index is 0.0747. The molecule has 2 atom stereocenters. The first-order valence-electron chi connectivity index (χ1n) is 9.24. The number of amides is 1. The number of thiophene rings is 1. The van der Waals surface area contributed by atoms with Gasteiger partial charge in [-0.2, -0.15) is 0 Å². The van der Waals surface area contributed by atoms with Gasteiger partial charge in [0, 0.05) is 18.1 Å². The summed E-state index contributed by atoms with van der Waals surface area (Å²) in [6.07, 6.45) is 6.38. The molecule has 1 aliphatic carbocycles. The summed E-state index contributed by atoms with van der Waals surface area (Å²) in [6.45, 7) is 7.05. The van der Waals surface area contributed by atoms with E-state index in [-0.39, 0.29) is 12.1 Å². The molecule has 0 saturated carbocycles. The van der Waals surface area contributed by atoms with Crippen molar-refractivity contribution in [2.24, 2.45) is 18.4 Å². The van der Waals surface area contributed by atoms with E-state index in [0.29, 0.717) is 11.3 Å². The highest BCUT2D eigenvalue weighted by Crippen LogP contribution is 2.46. The summed E-state index contributed by atoms with van der Waals surface area (Å²) in [5, 5.41) is 7.75. The van der Waals surface area contributed by atoms with Crippen molar-refractivity contribution in [3.05, 3.63) is 40.0 Å². The molecule has 0 unspecified atom stereocenters. The summed E-state index contributed by atoms with van der Waals surface area (Å²) in [7, 11) is 2.01. The van der Waals surface area contributed by atoms with Crippen LogP contribution in [0.2, 0.25) is 0 Å². The van der Waals surface area contributed by atoms with Gasteiger partial charge in [0.05, 0.1) is 11.3 Å². The van der Waals surface area contributed by atoms with Gasteiger partial charge in [0.25, 0.3) is 5.91 Å². The predicted molar refractivity (Wildman–Crippen MR) is 103 cm³/mol. The molecule has 4 rings (SSSR count). The third-order valence-electron chi connectivity index (χ3n) is 6.34. The van der Waals surface area contributed by atoms with E-state index >= 15 is 0 Å². The zero-order valence-electron chi connectivity index (χ0n) is 15.5. The Morgan fingerprint density at radius 1 is 1.36 bits per heavy atom. The molecule has 2 aliphatic rings. The molecule has 4 nitrogen and oxygen atoms in total. The molecular weight excluding hydrogens is 330 g/mol. The Kier molecular flexibility index (Phi) is 3.95. The van der Waals surface area contributed by atoms with Crippen molar-refractivity contribution in [3.63, 3.8) is 0 Å². The van der Waals surface area contributed by atoms with E-state index in [1.165, 1.54) is 23.3 Å². The van der Waals surface area contributed by atoms with Crippen LogP contribution in [0.4, 0.5) is 5.00 Å². The Hall–Kier alpha value is -1.75. The number of nitrogens with zero attached hydrogens (tertiary/aromatic N) is 1. The van der Waals surface area contributed by atoms with Crippen LogP contribution in [-0.4, -0.2) is 10.5 Å². The first-order chi connectivity index (χ1) is 11.9. The summed E-state index contributed by atoms with van der Waals surface area (Å²) in [5.74, 6) is 0.780. The molecule has 5 heteroatoms. The third kappa shape index (κ3) is 2.69. The minimum atomic E-state index is -0.150. The number of carbonyl (C=O) groups excluding carboxylic acids is 1. The van der Waals surface area contributed by atoms with E-state index < -0.39 is 0 Å². The van der Waals surface area contributed by atoms with Crippen molar-refractivity contribution >= 4 is 22.2 Å². The Morgan fingerprint density at radius 3 is 2.84 bits per heavy atom. The lowest BCUT2D eigenvalue weighted by Crippen LogP contribution is -2.39. The molecule has 0 aromatic carbocycles. The molecule has 134 valence electrons. The van der Waals surface area contributed by atoms with Gasteiger partial charge in [0.2, 0.25) is 0 Å². The molecule has 2 aromatic heterocycles. The van der Waals surface area contributed by atoms with Crippen molar-refractivity contribution < 1.29 is 4.79 Å². The second kappa shape index (κ2) is 5.90. The summed E-state index contributed by atoms with van der Waals surface area (Å²) in [4.78, 5) is 14.2. The van der Waals surface area contributed by atoms with Crippen LogP contribution < -0.4 is 10.6 Å². The Morgan fingerprint density at radius 2 is 2.16 bits per heavy atom. The number of nitrogens with one attached hydrogen (secondary N) is 2. The summed E-state index contributed by atoms with van der Waals surface area (Å²) < 4.78 is 2.05. The normalized spacial score (nSPS) is 22.8. The van der Waals surface area contributed by atoms with Gasteiger partial charge < -0.3 is 15.2 Å². The lowest BCUT2D eigenvalue weighted by molar-refractivity contribution is 0.0933. The average molecular weight is 358 g/mol. The molecule has 0 fully saturated rings. The van der Waals surface area contributed by atoms with Crippen molar-refractivity contribution in [2.75, 3.05) is 5.32 Å². The molecular formula is C20H27N3OS. The van der Waals surface area contributed by atoms with Crippen molar-refractivity contribution in [1.29, 1.82) is 0 Å². The molecule has 0 spiro atoms. The monoisotopic (exact) mass is 357 g/mol. The topological polar surface area (TPSA) is 46.1 Å². The van der Waals surface area contributed by atoms with Crippen LogP contribution in [0.25, 0.3) is 0 Å². The number of aromatic nitrogens is 1. The van der Waals surface area contributed by atoms with E-state index in [4.69, 9.17) is 0 Å². The van der Waals surface area contributed by atoms with Crippen LogP contribution in [-0.2, 0) is 19.9 Å². The molecule has 0 radical (unpaired) electrons. The molecule has 0 bridgehead atoms. The van der Waals surface area contributed by atoms with Gasteiger partial charge in [0.1, 0.15) is 11.2 Å². The predicted octanol–water partition coefficient (Wildman–Crippen LogP) is 4.48. The SMILES string of the molecule is CCC(C)(C)[C@H]1CCc2c(sc3c2C(=O)N[C@@H](c2cccn2C)N3)C1. The molecule has 1 aliphatic heterocycles. The number of fused-ring (bicyclic) bond motifs is 3. The van der Waals surface area contributed by atoms with Crippen LogP contribution in [0.15, 0.2) is 18.3 Å². The Balaban J connectivity index is 1.65. The van der Waals surface area contributed by atoms with Gasteiger partial charge in [-0.1, -0.05) is 27.2 Å². The summed E-state index contributed by atoms with van der Waals surface area (Å²) >= 11 is 1.80. The van der Waals surface area contributed by atoms with Crippen LogP contribution in [0.3, 0.4) is 0 Å². The van der Waals surface area contributed by atoms with Crippen LogP contribution in [0, 0.1) is 11.3 Å². The molecule has 2 N–H and O–H groups in total. The molecule has 1 amide bonds. The van der Waals surface area contributed by atoms with Gasteiger partial charge in [0.15, 0.2) is 0 Å². The fraction of sp³-hybridized carbons (Fsp3) is 0.550. The fourth-order valence-electron chi connectivity index (χ4n) is 4.18. The quantitative estimate of drug-likeness (QED) is 0.851. The van der Waals surface area contributed by atoms with E-state index in [1.54, 1.807) is 11.3 Å². The first kappa shape index (κ1) is 16.7. The standard InChI is InChI=1S/C20H27N3OS/c1-5-20(2,3)12-8-9-13-15(11-12)25-19-16(13)18(24)21-17(22-19)14-7-6-10-23(14)4/h6-7,10,12,17,22H,5,8-9,11H2,1-4H3,(H,21,24)/t12-,17+/m0/s1. The lowest BCUT2D eigenvalue weighted by Gasteiger charge is -2.36. The van der Waals surface area contributed by atoms with Crippen molar-refractivity contribution in [3.8, 4) is 0 Å². The number of hydrogen-bond acceptors (Lipinski definition) is 3. The number of aryl methyl sites for hydroxylation is 1. The summed E-state index contributed by atoms with van der Waals surface area (Å²) in [5.41, 5.74) is 3.63.